The molecule has 1 aliphatic heterocycles. The Labute approximate surface area is 132 Å². The summed E-state index contributed by atoms with van der Waals surface area (Å²) in [6.45, 7) is 0. The van der Waals surface area contributed by atoms with Gasteiger partial charge in [-0.15, -0.1) is 0 Å². The van der Waals surface area contributed by atoms with Crippen LogP contribution in [0.5, 0.6) is 0 Å². The lowest BCUT2D eigenvalue weighted by Gasteiger charge is -2.51. The monoisotopic (exact) mass is 303 g/mol. The molecule has 0 unspecified atom stereocenters. The summed E-state index contributed by atoms with van der Waals surface area (Å²) in [5.74, 6) is -1.91. The van der Waals surface area contributed by atoms with Crippen LogP contribution in [0.1, 0.15) is 28.2 Å². The molecule has 0 saturated carbocycles. The molecule has 23 heavy (non-hydrogen) atoms. The standard InChI is InChI=1S/C19H13NO3/c21-9-19-12-7-3-1-5-10(12)14(11-6-2-4-8-13(11)19)15-16(19)18(23)20-17(15)22/h1-9,14-16H,(H,20,22,23)/t14?,15-,16-,19?/m0/s1. The highest BCUT2D eigenvalue weighted by Gasteiger charge is 2.66. The molecule has 6 rings (SSSR count). The second-order valence-corrected chi connectivity index (χ2v) is 6.50. The van der Waals surface area contributed by atoms with E-state index in [9.17, 15) is 14.4 Å². The van der Waals surface area contributed by atoms with Crippen molar-refractivity contribution in [2.45, 2.75) is 11.3 Å². The molecule has 1 saturated heterocycles. The van der Waals surface area contributed by atoms with Gasteiger partial charge in [0.15, 0.2) is 0 Å². The molecule has 2 aromatic carbocycles. The number of nitrogens with one attached hydrogen (secondary N) is 1. The summed E-state index contributed by atoms with van der Waals surface area (Å²) in [7, 11) is 0. The lowest BCUT2D eigenvalue weighted by Crippen LogP contribution is -2.54. The largest absolute Gasteiger partial charge is 0.302 e. The fourth-order valence-electron chi connectivity index (χ4n) is 4.96. The predicted octanol–water partition coefficient (Wildman–Crippen LogP) is 1.52. The summed E-state index contributed by atoms with van der Waals surface area (Å²) in [5, 5.41) is 2.45. The predicted molar refractivity (Wildman–Crippen MR) is 81.7 cm³/mol. The van der Waals surface area contributed by atoms with Crippen LogP contribution in [0.2, 0.25) is 0 Å². The van der Waals surface area contributed by atoms with Gasteiger partial charge in [0, 0.05) is 5.92 Å². The van der Waals surface area contributed by atoms with Crippen LogP contribution in [0, 0.1) is 11.8 Å². The number of amides is 2. The minimum absolute atomic E-state index is 0.166. The van der Waals surface area contributed by atoms with Gasteiger partial charge >= 0.3 is 0 Å². The zero-order chi connectivity index (χ0) is 15.8. The van der Waals surface area contributed by atoms with Gasteiger partial charge in [-0.25, -0.2) is 0 Å². The molecule has 4 aliphatic rings. The summed E-state index contributed by atoms with van der Waals surface area (Å²) in [5.41, 5.74) is 2.64. The van der Waals surface area contributed by atoms with Crippen molar-refractivity contribution in [3.63, 3.8) is 0 Å². The number of carbonyl (C=O) groups excluding carboxylic acids is 3. The van der Waals surface area contributed by atoms with Gasteiger partial charge in [0.25, 0.3) is 0 Å². The van der Waals surface area contributed by atoms with Gasteiger partial charge in [0.2, 0.25) is 11.8 Å². The summed E-state index contributed by atoms with van der Waals surface area (Å²) >= 11 is 0. The first-order valence-corrected chi connectivity index (χ1v) is 7.70. The van der Waals surface area contributed by atoms with Crippen LogP contribution >= 0.6 is 0 Å². The first kappa shape index (κ1) is 12.8. The van der Waals surface area contributed by atoms with Gasteiger partial charge in [-0.05, 0) is 22.3 Å². The topological polar surface area (TPSA) is 63.2 Å². The van der Waals surface area contributed by atoms with Crippen LogP contribution in [-0.4, -0.2) is 18.1 Å². The van der Waals surface area contributed by atoms with Crippen molar-refractivity contribution in [2.24, 2.45) is 11.8 Å². The number of carbonyl (C=O) groups is 3. The molecule has 1 N–H and O–H groups in total. The first-order chi connectivity index (χ1) is 11.2. The zero-order valence-corrected chi connectivity index (χ0v) is 12.2. The molecule has 2 bridgehead atoms. The van der Waals surface area contributed by atoms with Crippen LogP contribution < -0.4 is 5.32 Å². The van der Waals surface area contributed by atoms with E-state index in [-0.39, 0.29) is 17.7 Å². The summed E-state index contributed by atoms with van der Waals surface area (Å²) < 4.78 is 0. The first-order valence-electron chi connectivity index (χ1n) is 7.70. The number of hydrogen-bond acceptors (Lipinski definition) is 3. The Kier molecular flexibility index (Phi) is 2.20. The maximum Gasteiger partial charge on any atom is 0.232 e. The van der Waals surface area contributed by atoms with Crippen LogP contribution in [0.4, 0.5) is 0 Å². The smallest absolute Gasteiger partial charge is 0.232 e. The number of imide groups is 1. The minimum atomic E-state index is -1.07. The van der Waals surface area contributed by atoms with E-state index < -0.39 is 17.3 Å². The third kappa shape index (κ3) is 1.23. The number of hydrogen-bond donors (Lipinski definition) is 1. The molecule has 112 valence electrons. The lowest BCUT2D eigenvalue weighted by atomic mass is 9.48. The molecule has 0 radical (unpaired) electrons. The number of aldehydes is 1. The highest BCUT2D eigenvalue weighted by molar-refractivity contribution is 6.10. The average Bonchev–Trinajstić information content (AvgIpc) is 2.90. The SMILES string of the molecule is O=CC12c3ccccc3C(c3ccccc31)[C@@H]1C(=O)NC(=O)[C@H]12. The third-order valence-corrected chi connectivity index (χ3v) is 5.71. The van der Waals surface area contributed by atoms with Crippen molar-refractivity contribution in [1.82, 2.24) is 5.32 Å². The third-order valence-electron chi connectivity index (χ3n) is 5.71. The Balaban J connectivity index is 1.97. The average molecular weight is 303 g/mol. The Morgan fingerprint density at radius 3 is 2.00 bits per heavy atom. The summed E-state index contributed by atoms with van der Waals surface area (Å²) in [6.07, 6.45) is 0.871. The van der Waals surface area contributed by atoms with Gasteiger partial charge in [0.1, 0.15) is 6.29 Å². The van der Waals surface area contributed by atoms with E-state index in [0.717, 1.165) is 28.5 Å². The van der Waals surface area contributed by atoms with Crippen molar-refractivity contribution in [2.75, 3.05) is 0 Å². The molecule has 2 atom stereocenters. The fourth-order valence-corrected chi connectivity index (χ4v) is 4.96. The van der Waals surface area contributed by atoms with E-state index in [1.807, 2.05) is 48.5 Å². The van der Waals surface area contributed by atoms with Crippen LogP contribution in [-0.2, 0) is 19.8 Å². The Morgan fingerprint density at radius 1 is 0.870 bits per heavy atom. The Hall–Kier alpha value is -2.75. The molecule has 3 aliphatic carbocycles. The maximum atomic E-state index is 12.5. The van der Waals surface area contributed by atoms with Gasteiger partial charge in [-0.1, -0.05) is 48.5 Å². The maximum absolute atomic E-state index is 12.5. The number of rotatable bonds is 1. The van der Waals surface area contributed by atoms with Crippen molar-refractivity contribution >= 4 is 18.1 Å². The molecule has 4 heteroatoms. The Morgan fingerprint density at radius 2 is 1.43 bits per heavy atom. The van der Waals surface area contributed by atoms with E-state index >= 15 is 0 Å². The van der Waals surface area contributed by atoms with Gasteiger partial charge in [0.05, 0.1) is 17.3 Å². The van der Waals surface area contributed by atoms with Crippen LogP contribution in [0.15, 0.2) is 48.5 Å². The highest BCUT2D eigenvalue weighted by Crippen LogP contribution is 2.61. The quantitative estimate of drug-likeness (QED) is 0.642. The van der Waals surface area contributed by atoms with E-state index in [1.54, 1.807) is 0 Å². The van der Waals surface area contributed by atoms with Crippen molar-refractivity contribution in [1.29, 1.82) is 0 Å². The molecule has 2 amide bonds. The molecule has 1 fully saturated rings. The summed E-state index contributed by atoms with van der Waals surface area (Å²) in [4.78, 5) is 37.3. The highest BCUT2D eigenvalue weighted by atomic mass is 16.2. The van der Waals surface area contributed by atoms with Crippen LogP contribution in [0.3, 0.4) is 0 Å². The second kappa shape index (κ2) is 3.96. The molecular formula is C19H13NO3. The Bertz CT molecular complexity index is 853. The van der Waals surface area contributed by atoms with Gasteiger partial charge in [-0.2, -0.15) is 0 Å². The minimum Gasteiger partial charge on any atom is -0.302 e. The van der Waals surface area contributed by atoms with E-state index in [0.29, 0.717) is 0 Å². The molecule has 2 aromatic rings. The van der Waals surface area contributed by atoms with Crippen molar-refractivity contribution in [3.8, 4) is 0 Å². The van der Waals surface area contributed by atoms with Gasteiger partial charge < -0.3 is 4.79 Å². The normalized spacial score (nSPS) is 32.8. The summed E-state index contributed by atoms with van der Waals surface area (Å²) in [6, 6.07) is 15.4. The molecular weight excluding hydrogens is 290 g/mol. The molecule has 0 aromatic heterocycles. The zero-order valence-electron chi connectivity index (χ0n) is 12.2. The molecule has 1 heterocycles. The van der Waals surface area contributed by atoms with Gasteiger partial charge in [-0.3, -0.25) is 14.9 Å². The lowest BCUT2D eigenvalue weighted by molar-refractivity contribution is -0.129. The molecule has 0 spiro atoms. The van der Waals surface area contributed by atoms with E-state index in [4.69, 9.17) is 0 Å². The van der Waals surface area contributed by atoms with E-state index in [1.165, 1.54) is 0 Å². The van der Waals surface area contributed by atoms with E-state index in [2.05, 4.69) is 5.32 Å². The molecule has 4 nitrogen and oxygen atoms in total. The second-order valence-electron chi connectivity index (χ2n) is 6.50. The van der Waals surface area contributed by atoms with Crippen LogP contribution in [0.25, 0.3) is 0 Å². The van der Waals surface area contributed by atoms with Crippen molar-refractivity contribution < 1.29 is 14.4 Å². The number of benzene rings is 2. The van der Waals surface area contributed by atoms with Crippen molar-refractivity contribution in [3.05, 3.63) is 70.8 Å². The fraction of sp³-hybridized carbons (Fsp3) is 0.211.